The molecule has 1 aliphatic carbocycles. The molecule has 0 aromatic heterocycles. The Kier molecular flexibility index (Phi) is 1.80. The van der Waals surface area contributed by atoms with E-state index in [0.717, 1.165) is 12.8 Å². The van der Waals surface area contributed by atoms with E-state index in [4.69, 9.17) is 9.84 Å². The van der Waals surface area contributed by atoms with Crippen molar-refractivity contribution in [2.45, 2.75) is 18.4 Å². The number of methoxy groups -OCH3 is 1. The van der Waals surface area contributed by atoms with Gasteiger partial charge in [-0.15, -0.1) is 0 Å². The first-order valence-corrected chi connectivity index (χ1v) is 3.19. The molecule has 10 heavy (non-hydrogen) atoms. The average Bonchev–Trinajstić information content (AvgIpc) is 2.47. The normalized spacial score (nSPS) is 20.1. The Morgan fingerprint density at radius 1 is 1.80 bits per heavy atom. The van der Waals surface area contributed by atoms with Crippen LogP contribution < -0.4 is 5.32 Å². The second-order valence-electron chi connectivity index (χ2n) is 2.64. The van der Waals surface area contributed by atoms with E-state index in [0.29, 0.717) is 6.61 Å². The molecule has 2 N–H and O–H groups in total. The third-order valence-electron chi connectivity index (χ3n) is 1.65. The number of hydrogen-bond donors (Lipinski definition) is 2. The molecule has 0 aliphatic heterocycles. The van der Waals surface area contributed by atoms with Crippen molar-refractivity contribution >= 4 is 6.09 Å². The van der Waals surface area contributed by atoms with Crippen LogP contribution in [0.4, 0.5) is 4.79 Å². The highest BCUT2D eigenvalue weighted by Gasteiger charge is 2.44. The first-order valence-electron chi connectivity index (χ1n) is 3.19. The summed E-state index contributed by atoms with van der Waals surface area (Å²) in [5.41, 5.74) is -0.249. The van der Waals surface area contributed by atoms with Gasteiger partial charge in [-0.1, -0.05) is 0 Å². The maximum atomic E-state index is 10.2. The van der Waals surface area contributed by atoms with E-state index in [9.17, 15) is 4.79 Å². The van der Waals surface area contributed by atoms with E-state index >= 15 is 0 Å². The number of rotatable bonds is 3. The Labute approximate surface area is 59.2 Å². The number of carboxylic acid groups (broad SMARTS) is 1. The van der Waals surface area contributed by atoms with Crippen LogP contribution in [-0.2, 0) is 4.74 Å². The minimum Gasteiger partial charge on any atom is -0.465 e. The van der Waals surface area contributed by atoms with E-state index in [-0.39, 0.29) is 5.54 Å². The maximum Gasteiger partial charge on any atom is 0.405 e. The second-order valence-corrected chi connectivity index (χ2v) is 2.64. The van der Waals surface area contributed by atoms with E-state index in [1.165, 1.54) is 0 Å². The van der Waals surface area contributed by atoms with Crippen molar-refractivity contribution in [1.29, 1.82) is 0 Å². The number of ether oxygens (including phenoxy) is 1. The van der Waals surface area contributed by atoms with Gasteiger partial charge in [0.25, 0.3) is 0 Å². The summed E-state index contributed by atoms with van der Waals surface area (Å²) in [6.07, 6.45) is 0.829. The predicted molar refractivity (Wildman–Crippen MR) is 35.0 cm³/mol. The highest BCUT2D eigenvalue weighted by Crippen LogP contribution is 2.35. The maximum absolute atomic E-state index is 10.2. The van der Waals surface area contributed by atoms with Gasteiger partial charge >= 0.3 is 6.09 Å². The fraction of sp³-hybridized carbons (Fsp3) is 0.833. The van der Waals surface area contributed by atoms with E-state index in [1.54, 1.807) is 7.11 Å². The van der Waals surface area contributed by atoms with Crippen molar-refractivity contribution in [3.63, 3.8) is 0 Å². The molecule has 1 rings (SSSR count). The van der Waals surface area contributed by atoms with Gasteiger partial charge in [0, 0.05) is 7.11 Å². The van der Waals surface area contributed by atoms with E-state index in [1.807, 2.05) is 0 Å². The summed E-state index contributed by atoms with van der Waals surface area (Å²) in [5, 5.41) is 10.8. The van der Waals surface area contributed by atoms with Gasteiger partial charge in [-0.3, -0.25) is 0 Å². The van der Waals surface area contributed by atoms with Gasteiger partial charge in [0.15, 0.2) is 0 Å². The van der Waals surface area contributed by atoms with Gasteiger partial charge in [-0.25, -0.2) is 4.79 Å². The zero-order chi connectivity index (χ0) is 7.61. The standard InChI is InChI=1S/C6H11NO3/c1-10-4-6(2-3-6)7-5(8)9/h7H,2-4H2,1H3,(H,8,9). The molecule has 1 saturated carbocycles. The SMILES string of the molecule is COCC1(NC(=O)O)CC1. The molecule has 1 amide bonds. The molecule has 0 heterocycles. The van der Waals surface area contributed by atoms with Crippen molar-refractivity contribution in [2.24, 2.45) is 0 Å². The van der Waals surface area contributed by atoms with Gasteiger partial charge in [-0.2, -0.15) is 0 Å². The monoisotopic (exact) mass is 145 g/mol. The number of hydrogen-bond acceptors (Lipinski definition) is 2. The highest BCUT2D eigenvalue weighted by molar-refractivity contribution is 5.66. The minimum absolute atomic E-state index is 0.249. The van der Waals surface area contributed by atoms with Crippen LogP contribution in [0, 0.1) is 0 Å². The van der Waals surface area contributed by atoms with Crippen LogP contribution in [0.5, 0.6) is 0 Å². The highest BCUT2D eigenvalue weighted by atomic mass is 16.5. The Morgan fingerprint density at radius 3 is 2.70 bits per heavy atom. The van der Waals surface area contributed by atoms with Crippen LogP contribution in [0.3, 0.4) is 0 Å². The molecule has 0 unspecified atom stereocenters. The number of amides is 1. The molecule has 1 aliphatic rings. The molecule has 0 spiro atoms. The number of carbonyl (C=O) groups is 1. The van der Waals surface area contributed by atoms with Crippen molar-refractivity contribution in [1.82, 2.24) is 5.32 Å². The van der Waals surface area contributed by atoms with Crippen LogP contribution in [-0.4, -0.2) is 30.5 Å². The second kappa shape index (κ2) is 2.46. The van der Waals surface area contributed by atoms with Gasteiger partial charge in [0.1, 0.15) is 0 Å². The molecule has 1 fully saturated rings. The molecule has 0 radical (unpaired) electrons. The molecule has 0 saturated heterocycles. The van der Waals surface area contributed by atoms with E-state index in [2.05, 4.69) is 5.32 Å². The van der Waals surface area contributed by atoms with Crippen LogP contribution in [0.2, 0.25) is 0 Å². The Balaban J connectivity index is 2.30. The largest absolute Gasteiger partial charge is 0.465 e. The number of nitrogens with one attached hydrogen (secondary N) is 1. The summed E-state index contributed by atoms with van der Waals surface area (Å²) in [6.45, 7) is 0.485. The van der Waals surface area contributed by atoms with Crippen molar-refractivity contribution in [3.05, 3.63) is 0 Å². The molecule has 4 nitrogen and oxygen atoms in total. The Morgan fingerprint density at radius 2 is 2.40 bits per heavy atom. The Hall–Kier alpha value is -0.770. The zero-order valence-electron chi connectivity index (χ0n) is 5.89. The van der Waals surface area contributed by atoms with Crippen molar-refractivity contribution in [2.75, 3.05) is 13.7 Å². The molecular formula is C6H11NO3. The quantitative estimate of drug-likeness (QED) is 0.605. The summed E-state index contributed by atoms with van der Waals surface area (Å²) in [6, 6.07) is 0. The average molecular weight is 145 g/mol. The summed E-state index contributed by atoms with van der Waals surface area (Å²) < 4.78 is 4.84. The molecular weight excluding hydrogens is 134 g/mol. The molecule has 0 bridgehead atoms. The van der Waals surface area contributed by atoms with Crippen molar-refractivity contribution < 1.29 is 14.6 Å². The molecule has 0 aromatic carbocycles. The summed E-state index contributed by atoms with van der Waals surface area (Å²) in [7, 11) is 1.57. The minimum atomic E-state index is -0.963. The fourth-order valence-electron chi connectivity index (χ4n) is 0.959. The lowest BCUT2D eigenvalue weighted by Crippen LogP contribution is -2.39. The first kappa shape index (κ1) is 7.34. The zero-order valence-corrected chi connectivity index (χ0v) is 5.89. The van der Waals surface area contributed by atoms with Crippen molar-refractivity contribution in [3.8, 4) is 0 Å². The fourth-order valence-corrected chi connectivity index (χ4v) is 0.959. The molecule has 58 valence electrons. The molecule has 0 aromatic rings. The topological polar surface area (TPSA) is 58.6 Å². The summed E-state index contributed by atoms with van der Waals surface area (Å²) in [5.74, 6) is 0. The Bertz CT molecular complexity index is 142. The third kappa shape index (κ3) is 1.60. The van der Waals surface area contributed by atoms with Gasteiger partial charge < -0.3 is 15.2 Å². The summed E-state index contributed by atoms with van der Waals surface area (Å²) in [4.78, 5) is 10.2. The van der Waals surface area contributed by atoms with Crippen LogP contribution >= 0.6 is 0 Å². The first-order chi connectivity index (χ1) is 4.68. The lowest BCUT2D eigenvalue weighted by molar-refractivity contribution is 0.144. The smallest absolute Gasteiger partial charge is 0.405 e. The van der Waals surface area contributed by atoms with Gasteiger partial charge in [0.2, 0.25) is 0 Å². The van der Waals surface area contributed by atoms with Gasteiger partial charge in [0.05, 0.1) is 12.1 Å². The molecule has 4 heteroatoms. The molecule has 0 atom stereocenters. The van der Waals surface area contributed by atoms with Crippen LogP contribution in [0.15, 0.2) is 0 Å². The van der Waals surface area contributed by atoms with Crippen LogP contribution in [0.1, 0.15) is 12.8 Å². The van der Waals surface area contributed by atoms with E-state index < -0.39 is 6.09 Å². The third-order valence-corrected chi connectivity index (χ3v) is 1.65. The summed E-state index contributed by atoms with van der Waals surface area (Å²) >= 11 is 0. The predicted octanol–water partition coefficient (Wildman–Crippen LogP) is 0.433. The lowest BCUT2D eigenvalue weighted by Gasteiger charge is -2.12. The van der Waals surface area contributed by atoms with Crippen LogP contribution in [0.25, 0.3) is 0 Å². The lowest BCUT2D eigenvalue weighted by atomic mass is 10.3. The van der Waals surface area contributed by atoms with Gasteiger partial charge in [-0.05, 0) is 12.8 Å².